The number of rotatable bonds is 10. The molecule has 1 N–H and O–H groups in total. The van der Waals surface area contributed by atoms with Gasteiger partial charge in [0.05, 0.1) is 12.9 Å². The minimum atomic E-state index is -3.32. The van der Waals surface area contributed by atoms with E-state index in [9.17, 15) is 13.2 Å². The first-order chi connectivity index (χ1) is 13.0. The van der Waals surface area contributed by atoms with Gasteiger partial charge in [0.25, 0.3) is 0 Å². The van der Waals surface area contributed by atoms with Crippen molar-refractivity contribution >= 4 is 15.9 Å². The predicted molar refractivity (Wildman–Crippen MR) is 106 cm³/mol. The van der Waals surface area contributed by atoms with Gasteiger partial charge in [-0.05, 0) is 30.5 Å². The van der Waals surface area contributed by atoms with Crippen molar-refractivity contribution in [2.24, 2.45) is 0 Å². The molecular formula is C19H31N3O4S. The second-order valence-corrected chi connectivity index (χ2v) is 8.78. The molecule has 1 saturated heterocycles. The molecule has 1 aliphatic rings. The third-order valence-corrected chi connectivity index (χ3v) is 6.57. The molecule has 1 amide bonds. The van der Waals surface area contributed by atoms with E-state index >= 15 is 0 Å². The number of sulfonamides is 1. The van der Waals surface area contributed by atoms with Crippen LogP contribution in [0, 0.1) is 0 Å². The zero-order chi connectivity index (χ0) is 19.7. The van der Waals surface area contributed by atoms with E-state index in [4.69, 9.17) is 4.74 Å². The normalized spacial score (nSPS) is 15.5. The molecule has 1 heterocycles. The van der Waals surface area contributed by atoms with Crippen LogP contribution in [0.25, 0.3) is 0 Å². The third-order valence-electron chi connectivity index (χ3n) is 4.72. The zero-order valence-electron chi connectivity index (χ0n) is 16.3. The summed E-state index contributed by atoms with van der Waals surface area (Å²) in [4.78, 5) is 14.3. The number of piperazine rings is 1. The molecule has 8 heteroatoms. The number of nitrogens with one attached hydrogen (secondary N) is 1. The number of benzene rings is 1. The molecule has 1 fully saturated rings. The van der Waals surface area contributed by atoms with Crippen LogP contribution >= 0.6 is 0 Å². The van der Waals surface area contributed by atoms with Crippen LogP contribution in [0.5, 0.6) is 5.75 Å². The summed E-state index contributed by atoms with van der Waals surface area (Å²) in [6.07, 6.45) is 1.82. The molecular weight excluding hydrogens is 366 g/mol. The highest BCUT2D eigenvalue weighted by Gasteiger charge is 2.25. The molecule has 1 aromatic carbocycles. The average molecular weight is 398 g/mol. The number of nitrogens with zero attached hydrogens (tertiary/aromatic N) is 2. The van der Waals surface area contributed by atoms with E-state index in [1.165, 1.54) is 4.31 Å². The van der Waals surface area contributed by atoms with E-state index in [1.54, 1.807) is 12.0 Å². The van der Waals surface area contributed by atoms with Gasteiger partial charge in [0, 0.05) is 45.7 Å². The molecule has 1 aliphatic heterocycles. The van der Waals surface area contributed by atoms with Gasteiger partial charge >= 0.3 is 0 Å². The highest BCUT2D eigenvalue weighted by Crippen LogP contribution is 2.13. The molecule has 7 nitrogen and oxygen atoms in total. The molecule has 0 aliphatic carbocycles. The number of carbonyl (C=O) groups excluding carboxylic acids is 1. The van der Waals surface area contributed by atoms with Crippen molar-refractivity contribution in [2.45, 2.75) is 26.2 Å². The van der Waals surface area contributed by atoms with E-state index < -0.39 is 10.0 Å². The van der Waals surface area contributed by atoms with Crippen LogP contribution in [0.15, 0.2) is 24.3 Å². The molecule has 0 bridgehead atoms. The summed E-state index contributed by atoms with van der Waals surface area (Å²) in [5.41, 5.74) is 1.06. The van der Waals surface area contributed by atoms with E-state index in [0.29, 0.717) is 45.6 Å². The van der Waals surface area contributed by atoms with Gasteiger partial charge in [-0.1, -0.05) is 19.1 Å². The first kappa shape index (κ1) is 21.7. The SMILES string of the molecule is CCCN(CCS(=O)(=O)N1CCNCC1)C(=O)CCc1ccc(OC)cc1. The second kappa shape index (κ2) is 10.6. The molecule has 152 valence electrons. The standard InChI is InChI=1S/C19H31N3O4S/c1-3-12-21(15-16-27(24,25)22-13-10-20-11-14-22)19(23)9-6-17-4-7-18(26-2)8-5-17/h4-5,7-8,20H,3,6,9-16H2,1-2H3. The molecule has 0 atom stereocenters. The summed E-state index contributed by atoms with van der Waals surface area (Å²) in [7, 11) is -1.70. The number of ether oxygens (including phenoxy) is 1. The maximum absolute atomic E-state index is 12.6. The minimum absolute atomic E-state index is 0.00294. The number of hydrogen-bond acceptors (Lipinski definition) is 5. The fourth-order valence-electron chi connectivity index (χ4n) is 3.11. The molecule has 27 heavy (non-hydrogen) atoms. The van der Waals surface area contributed by atoms with E-state index in [2.05, 4.69) is 5.32 Å². The quantitative estimate of drug-likeness (QED) is 0.640. The monoisotopic (exact) mass is 397 g/mol. The fourth-order valence-corrected chi connectivity index (χ4v) is 4.56. The predicted octanol–water partition coefficient (Wildman–Crippen LogP) is 1.10. The number of aryl methyl sites for hydroxylation is 1. The van der Waals surface area contributed by atoms with Gasteiger partial charge in [-0.2, -0.15) is 4.31 Å². The van der Waals surface area contributed by atoms with Gasteiger partial charge < -0.3 is 15.0 Å². The summed E-state index contributed by atoms with van der Waals surface area (Å²) < 4.78 is 31.7. The Morgan fingerprint density at radius 1 is 1.19 bits per heavy atom. The number of amides is 1. The zero-order valence-corrected chi connectivity index (χ0v) is 17.1. The Labute approximate surface area is 162 Å². The summed E-state index contributed by atoms with van der Waals surface area (Å²) in [5, 5.41) is 3.15. The second-order valence-electron chi connectivity index (χ2n) is 6.69. The van der Waals surface area contributed by atoms with E-state index in [-0.39, 0.29) is 18.2 Å². The topological polar surface area (TPSA) is 79.0 Å². The van der Waals surface area contributed by atoms with Crippen molar-refractivity contribution < 1.29 is 17.9 Å². The van der Waals surface area contributed by atoms with Crippen LogP contribution in [-0.4, -0.2) is 75.7 Å². The Morgan fingerprint density at radius 2 is 1.85 bits per heavy atom. The largest absolute Gasteiger partial charge is 0.497 e. The Morgan fingerprint density at radius 3 is 2.44 bits per heavy atom. The van der Waals surface area contributed by atoms with Gasteiger partial charge in [-0.25, -0.2) is 8.42 Å². The highest BCUT2D eigenvalue weighted by molar-refractivity contribution is 7.89. The minimum Gasteiger partial charge on any atom is -0.497 e. The number of methoxy groups -OCH3 is 1. The molecule has 0 saturated carbocycles. The van der Waals surface area contributed by atoms with Crippen molar-refractivity contribution in [2.75, 3.05) is 52.1 Å². The van der Waals surface area contributed by atoms with Crippen LogP contribution in [0.2, 0.25) is 0 Å². The van der Waals surface area contributed by atoms with Crippen molar-refractivity contribution in [1.29, 1.82) is 0 Å². The molecule has 2 rings (SSSR count). The average Bonchev–Trinajstić information content (AvgIpc) is 2.70. The summed E-state index contributed by atoms with van der Waals surface area (Å²) in [6.45, 7) is 5.19. The van der Waals surface area contributed by atoms with Gasteiger partial charge in [0.2, 0.25) is 15.9 Å². The molecule has 0 unspecified atom stereocenters. The summed E-state index contributed by atoms with van der Waals surface area (Å²) in [5.74, 6) is 0.778. The van der Waals surface area contributed by atoms with Crippen molar-refractivity contribution in [3.8, 4) is 5.75 Å². The van der Waals surface area contributed by atoms with Crippen LogP contribution in [-0.2, 0) is 21.2 Å². The van der Waals surface area contributed by atoms with Crippen molar-refractivity contribution in [3.63, 3.8) is 0 Å². The molecule has 0 spiro atoms. The molecule has 1 aromatic rings. The lowest BCUT2D eigenvalue weighted by molar-refractivity contribution is -0.130. The van der Waals surface area contributed by atoms with Gasteiger partial charge in [-0.15, -0.1) is 0 Å². The van der Waals surface area contributed by atoms with E-state index in [0.717, 1.165) is 17.7 Å². The Hall–Kier alpha value is -1.64. The van der Waals surface area contributed by atoms with Crippen LogP contribution in [0.1, 0.15) is 25.3 Å². The number of carbonyl (C=O) groups is 1. The maximum atomic E-state index is 12.6. The highest BCUT2D eigenvalue weighted by atomic mass is 32.2. The summed E-state index contributed by atoms with van der Waals surface area (Å²) in [6, 6.07) is 7.66. The third kappa shape index (κ3) is 6.79. The maximum Gasteiger partial charge on any atom is 0.222 e. The van der Waals surface area contributed by atoms with Crippen LogP contribution < -0.4 is 10.1 Å². The van der Waals surface area contributed by atoms with Gasteiger partial charge in [0.1, 0.15) is 5.75 Å². The van der Waals surface area contributed by atoms with Gasteiger partial charge in [0.15, 0.2) is 0 Å². The lowest BCUT2D eigenvalue weighted by atomic mass is 10.1. The number of hydrogen-bond donors (Lipinski definition) is 1. The first-order valence-electron chi connectivity index (χ1n) is 9.55. The first-order valence-corrected chi connectivity index (χ1v) is 11.2. The molecule has 0 aromatic heterocycles. The smallest absolute Gasteiger partial charge is 0.222 e. The van der Waals surface area contributed by atoms with Crippen molar-refractivity contribution in [3.05, 3.63) is 29.8 Å². The van der Waals surface area contributed by atoms with Crippen LogP contribution in [0.4, 0.5) is 0 Å². The Kier molecular flexibility index (Phi) is 8.53. The van der Waals surface area contributed by atoms with Gasteiger partial charge in [-0.3, -0.25) is 4.79 Å². The van der Waals surface area contributed by atoms with E-state index in [1.807, 2.05) is 31.2 Å². The van der Waals surface area contributed by atoms with Crippen LogP contribution in [0.3, 0.4) is 0 Å². The Balaban J connectivity index is 1.87. The lowest BCUT2D eigenvalue weighted by Crippen LogP contribution is -2.48. The fraction of sp³-hybridized carbons (Fsp3) is 0.632. The Bertz CT molecular complexity index is 685. The summed E-state index contributed by atoms with van der Waals surface area (Å²) >= 11 is 0. The lowest BCUT2D eigenvalue weighted by Gasteiger charge is -2.28. The molecule has 0 radical (unpaired) electrons. The van der Waals surface area contributed by atoms with Crippen molar-refractivity contribution in [1.82, 2.24) is 14.5 Å².